The molecule has 0 radical (unpaired) electrons. The number of fused-ring (bicyclic) bond motifs is 1. The summed E-state index contributed by atoms with van der Waals surface area (Å²) in [6.45, 7) is 4.48. The fourth-order valence-corrected chi connectivity index (χ4v) is 6.14. The first-order chi connectivity index (χ1) is 22.5. The maximum atomic E-state index is 12.8. The number of unbranched alkanes of at least 4 members (excludes halogenated alkanes) is 16. The summed E-state index contributed by atoms with van der Waals surface area (Å²) >= 11 is 0. The van der Waals surface area contributed by atoms with Crippen LogP contribution >= 0.6 is 0 Å². The Morgan fingerprint density at radius 3 is 1.74 bits per heavy atom. The van der Waals surface area contributed by atoms with Gasteiger partial charge in [-0.05, 0) is 49.4 Å². The molecule has 0 saturated carbocycles. The Morgan fingerprint density at radius 1 is 0.652 bits per heavy atom. The van der Waals surface area contributed by atoms with E-state index in [1.54, 1.807) is 13.2 Å². The van der Waals surface area contributed by atoms with Gasteiger partial charge in [0.15, 0.2) is 0 Å². The van der Waals surface area contributed by atoms with Crippen molar-refractivity contribution in [2.24, 2.45) is 0 Å². The van der Waals surface area contributed by atoms with Gasteiger partial charge in [0.25, 0.3) is 0 Å². The number of aryl methyl sites for hydroxylation is 1. The summed E-state index contributed by atoms with van der Waals surface area (Å²) in [6, 6.07) is 11.2. The molecule has 1 aliphatic rings. The second kappa shape index (κ2) is 22.5. The van der Waals surface area contributed by atoms with Gasteiger partial charge in [-0.2, -0.15) is 0 Å². The summed E-state index contributed by atoms with van der Waals surface area (Å²) in [6.07, 6.45) is 23.8. The highest BCUT2D eigenvalue weighted by Gasteiger charge is 2.26. The fourth-order valence-electron chi connectivity index (χ4n) is 6.14. The third-order valence-electron chi connectivity index (χ3n) is 8.98. The average Bonchev–Trinajstić information content (AvgIpc) is 3.06. The number of hydrogen-bond donors (Lipinski definition) is 0. The van der Waals surface area contributed by atoms with Gasteiger partial charge in [-0.15, -0.1) is 0 Å². The van der Waals surface area contributed by atoms with Crippen LogP contribution in [0.5, 0.6) is 23.0 Å². The molecule has 0 amide bonds. The highest BCUT2D eigenvalue weighted by Crippen LogP contribution is 2.41. The van der Waals surface area contributed by atoms with Crippen molar-refractivity contribution >= 4 is 11.9 Å². The van der Waals surface area contributed by atoms with Gasteiger partial charge in [0.05, 0.1) is 7.11 Å². The minimum absolute atomic E-state index is 0.202. The van der Waals surface area contributed by atoms with Crippen LogP contribution in [0.25, 0.3) is 0 Å². The Balaban J connectivity index is 1.47. The molecule has 6 nitrogen and oxygen atoms in total. The summed E-state index contributed by atoms with van der Waals surface area (Å²) < 4.78 is 23.4. The van der Waals surface area contributed by atoms with Gasteiger partial charge in [-0.1, -0.05) is 123 Å². The number of carbonyl (C=O) groups excluding carboxylic acids is 2. The number of methoxy groups -OCH3 is 1. The van der Waals surface area contributed by atoms with E-state index in [0.29, 0.717) is 35.8 Å². The highest BCUT2D eigenvalue weighted by molar-refractivity contribution is 5.73. The van der Waals surface area contributed by atoms with Crippen LogP contribution in [0.15, 0.2) is 36.4 Å². The van der Waals surface area contributed by atoms with Crippen molar-refractivity contribution in [2.75, 3.05) is 7.11 Å². The zero-order chi connectivity index (χ0) is 32.8. The summed E-state index contributed by atoms with van der Waals surface area (Å²) in [4.78, 5) is 25.4. The molecule has 0 saturated heterocycles. The van der Waals surface area contributed by atoms with Crippen molar-refractivity contribution in [1.29, 1.82) is 0 Å². The predicted molar refractivity (Wildman–Crippen MR) is 186 cm³/mol. The molecule has 0 aromatic heterocycles. The standard InChI is InChI=1S/C40H60O6/c1-4-6-8-10-12-14-16-18-20-22-39(41)44-34-26-24-32-25-29-36(45-37(32)31-34)35-28-27-33(43-3)30-38(35)46-40(42)23-21-19-17-15-13-11-9-7-5-2/h24,26-28,30-31,36H,4-23,25,29H2,1-3H3. The van der Waals surface area contributed by atoms with E-state index in [2.05, 4.69) is 13.8 Å². The summed E-state index contributed by atoms with van der Waals surface area (Å²) in [7, 11) is 1.61. The molecule has 0 fully saturated rings. The zero-order valence-electron chi connectivity index (χ0n) is 29.0. The zero-order valence-corrected chi connectivity index (χ0v) is 29.0. The minimum atomic E-state index is -0.290. The highest BCUT2D eigenvalue weighted by atomic mass is 16.5. The van der Waals surface area contributed by atoms with Gasteiger partial charge < -0.3 is 18.9 Å². The third-order valence-corrected chi connectivity index (χ3v) is 8.98. The quantitative estimate of drug-likeness (QED) is 0.0648. The largest absolute Gasteiger partial charge is 0.497 e. The van der Waals surface area contributed by atoms with E-state index < -0.39 is 0 Å². The average molecular weight is 637 g/mol. The topological polar surface area (TPSA) is 71.1 Å². The molecule has 46 heavy (non-hydrogen) atoms. The molecule has 0 bridgehead atoms. The van der Waals surface area contributed by atoms with Crippen molar-refractivity contribution in [3.8, 4) is 23.0 Å². The second-order valence-electron chi connectivity index (χ2n) is 12.9. The lowest BCUT2D eigenvalue weighted by Crippen LogP contribution is -2.18. The van der Waals surface area contributed by atoms with Crippen LogP contribution < -0.4 is 18.9 Å². The maximum Gasteiger partial charge on any atom is 0.311 e. The van der Waals surface area contributed by atoms with E-state index in [4.69, 9.17) is 18.9 Å². The normalized spacial score (nSPS) is 13.9. The van der Waals surface area contributed by atoms with Crippen molar-refractivity contribution in [3.63, 3.8) is 0 Å². The van der Waals surface area contributed by atoms with Crippen LogP contribution in [0, 0.1) is 0 Å². The first-order valence-corrected chi connectivity index (χ1v) is 18.4. The molecule has 3 rings (SSSR count). The van der Waals surface area contributed by atoms with Crippen LogP contribution in [0.4, 0.5) is 0 Å². The molecular formula is C40H60O6. The monoisotopic (exact) mass is 636 g/mol. The molecule has 2 aromatic rings. The van der Waals surface area contributed by atoms with Crippen molar-refractivity contribution < 1.29 is 28.5 Å². The molecule has 1 unspecified atom stereocenters. The van der Waals surface area contributed by atoms with Gasteiger partial charge in [-0.3, -0.25) is 9.59 Å². The van der Waals surface area contributed by atoms with Crippen LogP contribution in [0.2, 0.25) is 0 Å². The molecule has 0 spiro atoms. The van der Waals surface area contributed by atoms with Gasteiger partial charge in [0.2, 0.25) is 0 Å². The number of rotatable bonds is 24. The number of hydrogen-bond acceptors (Lipinski definition) is 6. The number of ether oxygens (including phenoxy) is 4. The molecule has 1 atom stereocenters. The maximum absolute atomic E-state index is 12.8. The van der Waals surface area contributed by atoms with Gasteiger partial charge in [0, 0.05) is 30.5 Å². The van der Waals surface area contributed by atoms with Gasteiger partial charge in [0.1, 0.15) is 29.1 Å². The molecule has 0 N–H and O–H groups in total. The molecule has 2 aromatic carbocycles. The number of esters is 2. The third kappa shape index (κ3) is 14.2. The van der Waals surface area contributed by atoms with Crippen LogP contribution in [-0.2, 0) is 16.0 Å². The van der Waals surface area contributed by atoms with E-state index in [9.17, 15) is 9.59 Å². The minimum Gasteiger partial charge on any atom is -0.497 e. The van der Waals surface area contributed by atoms with Crippen LogP contribution in [-0.4, -0.2) is 19.0 Å². The van der Waals surface area contributed by atoms with Crippen LogP contribution in [0.1, 0.15) is 166 Å². The van der Waals surface area contributed by atoms with Crippen molar-refractivity contribution in [3.05, 3.63) is 47.5 Å². The van der Waals surface area contributed by atoms with Gasteiger partial charge >= 0.3 is 11.9 Å². The summed E-state index contributed by atoms with van der Waals surface area (Å²) in [5.74, 6) is 1.89. The molecule has 0 aliphatic carbocycles. The SMILES string of the molecule is CCCCCCCCCCCC(=O)Oc1ccc2c(c1)OC(c1ccc(OC)cc1OC(=O)CCCCCCCCCCC)CC2. The lowest BCUT2D eigenvalue weighted by atomic mass is 9.96. The van der Waals surface area contributed by atoms with Crippen molar-refractivity contribution in [1.82, 2.24) is 0 Å². The first kappa shape index (κ1) is 37.4. The van der Waals surface area contributed by atoms with Gasteiger partial charge in [-0.25, -0.2) is 0 Å². The lowest BCUT2D eigenvalue weighted by Gasteiger charge is -2.28. The second-order valence-corrected chi connectivity index (χ2v) is 12.9. The number of benzene rings is 2. The Kier molecular flexibility index (Phi) is 18.3. The lowest BCUT2D eigenvalue weighted by molar-refractivity contribution is -0.135. The van der Waals surface area contributed by atoms with E-state index >= 15 is 0 Å². The van der Waals surface area contributed by atoms with Crippen molar-refractivity contribution in [2.45, 2.75) is 161 Å². The number of carbonyl (C=O) groups is 2. The smallest absolute Gasteiger partial charge is 0.311 e. The first-order valence-electron chi connectivity index (χ1n) is 18.4. The summed E-state index contributed by atoms with van der Waals surface area (Å²) in [5, 5.41) is 0. The molecule has 1 aliphatic heterocycles. The Labute approximate surface area is 278 Å². The Morgan fingerprint density at radius 2 is 1.17 bits per heavy atom. The van der Waals surface area contributed by atoms with E-state index in [1.165, 1.54) is 83.5 Å². The molecule has 6 heteroatoms. The Bertz CT molecular complexity index is 1160. The summed E-state index contributed by atoms with van der Waals surface area (Å²) in [5.41, 5.74) is 1.90. The van der Waals surface area contributed by atoms with E-state index in [0.717, 1.165) is 56.1 Å². The van der Waals surface area contributed by atoms with E-state index in [-0.39, 0.29) is 18.0 Å². The predicted octanol–water partition coefficient (Wildman–Crippen LogP) is 11.4. The Hall–Kier alpha value is -3.02. The molecular weight excluding hydrogens is 576 g/mol. The van der Waals surface area contributed by atoms with Crippen LogP contribution in [0.3, 0.4) is 0 Å². The molecule has 256 valence electrons. The van der Waals surface area contributed by atoms with E-state index in [1.807, 2.05) is 30.3 Å². The molecule has 1 heterocycles. The fraction of sp³-hybridized carbons (Fsp3) is 0.650.